The normalized spacial score (nSPS) is 15.4. The highest BCUT2D eigenvalue weighted by Gasteiger charge is 2.30. The van der Waals surface area contributed by atoms with Crippen LogP contribution in [0.15, 0.2) is 30.5 Å². The van der Waals surface area contributed by atoms with Gasteiger partial charge in [0, 0.05) is 42.1 Å². The molecule has 0 aliphatic carbocycles. The predicted octanol–water partition coefficient (Wildman–Crippen LogP) is 4.27. The summed E-state index contributed by atoms with van der Waals surface area (Å²) in [4.78, 5) is 15.5. The fraction of sp³-hybridized carbons (Fsp3) is 0.500. The van der Waals surface area contributed by atoms with Crippen molar-refractivity contribution in [2.45, 2.75) is 39.7 Å². The van der Waals surface area contributed by atoms with Crippen LogP contribution in [-0.2, 0) is 11.3 Å². The maximum absolute atomic E-state index is 12.1. The van der Waals surface area contributed by atoms with Crippen molar-refractivity contribution in [2.75, 3.05) is 20.2 Å². The van der Waals surface area contributed by atoms with E-state index in [1.165, 1.54) is 26.4 Å². The van der Waals surface area contributed by atoms with Gasteiger partial charge in [-0.1, -0.05) is 44.3 Å². The van der Waals surface area contributed by atoms with E-state index in [1.54, 1.807) is 0 Å². The Bertz CT molecular complexity index is 788. The first kappa shape index (κ1) is 17.9. The molecule has 25 heavy (non-hydrogen) atoms. The van der Waals surface area contributed by atoms with E-state index < -0.39 is 0 Å². The zero-order chi connectivity index (χ0) is 18.0. The molecule has 3 rings (SSSR count). The molecule has 2 aromatic rings. The van der Waals surface area contributed by atoms with Crippen molar-refractivity contribution in [1.82, 2.24) is 9.47 Å². The summed E-state index contributed by atoms with van der Waals surface area (Å²) < 4.78 is 7.08. The predicted molar refractivity (Wildman–Crippen MR) is 105 cm³/mol. The summed E-state index contributed by atoms with van der Waals surface area (Å²) >= 11 is 5.83. The molecule has 0 saturated carbocycles. The van der Waals surface area contributed by atoms with E-state index in [1.807, 2.05) is 30.5 Å². The van der Waals surface area contributed by atoms with Crippen LogP contribution in [0, 0.1) is 5.41 Å². The van der Waals surface area contributed by atoms with Gasteiger partial charge in [-0.15, -0.1) is 0 Å². The van der Waals surface area contributed by atoms with Gasteiger partial charge >= 0.3 is 5.97 Å². The summed E-state index contributed by atoms with van der Waals surface area (Å²) in [5, 5.41) is 0.925. The molecule has 0 bridgehead atoms. The van der Waals surface area contributed by atoms with Crippen LogP contribution < -0.4 is 0 Å². The Morgan fingerprint density at radius 2 is 1.88 bits per heavy atom. The molecule has 1 aromatic heterocycles. The minimum Gasteiger partial charge on any atom is -0.465 e. The van der Waals surface area contributed by atoms with Crippen molar-refractivity contribution in [2.24, 2.45) is 5.41 Å². The fourth-order valence-electron chi connectivity index (χ4n) is 3.67. The fourth-order valence-corrected chi connectivity index (χ4v) is 3.92. The number of benzene rings is 1. The van der Waals surface area contributed by atoms with Crippen LogP contribution in [0.3, 0.4) is 0 Å². The van der Waals surface area contributed by atoms with Crippen molar-refractivity contribution in [3.05, 3.63) is 36.0 Å². The van der Waals surface area contributed by atoms with E-state index in [2.05, 4.69) is 23.3 Å². The summed E-state index contributed by atoms with van der Waals surface area (Å²) in [6.07, 6.45) is 5.63. The van der Waals surface area contributed by atoms with E-state index in [-0.39, 0.29) is 11.4 Å². The molecule has 2 heterocycles. The zero-order valence-electron chi connectivity index (χ0n) is 15.2. The monoisotopic (exact) mass is 358 g/mol. The Balaban J connectivity index is 1.91. The number of thiocarbonyl (C=S) groups is 1. The first-order chi connectivity index (χ1) is 11.9. The maximum Gasteiger partial charge on any atom is 0.340 e. The van der Waals surface area contributed by atoms with Crippen molar-refractivity contribution in [3.63, 3.8) is 0 Å². The van der Waals surface area contributed by atoms with Gasteiger partial charge < -0.3 is 14.2 Å². The third kappa shape index (κ3) is 3.56. The molecule has 0 N–H and O–H groups in total. The van der Waals surface area contributed by atoms with Crippen LogP contribution in [-0.4, -0.2) is 40.6 Å². The number of carbonyl (C=O) groups is 1. The molecule has 4 nitrogen and oxygen atoms in total. The van der Waals surface area contributed by atoms with Crippen molar-refractivity contribution >= 4 is 34.1 Å². The topological polar surface area (TPSA) is 34.5 Å². The number of rotatable bonds is 4. The van der Waals surface area contributed by atoms with Gasteiger partial charge in [0.15, 0.2) is 0 Å². The molecule has 0 unspecified atom stereocenters. The largest absolute Gasteiger partial charge is 0.465 e. The van der Waals surface area contributed by atoms with E-state index in [0.29, 0.717) is 5.56 Å². The summed E-state index contributed by atoms with van der Waals surface area (Å²) in [5.74, 6) is -0.300. The van der Waals surface area contributed by atoms with Crippen LogP contribution in [0.5, 0.6) is 0 Å². The van der Waals surface area contributed by atoms with Crippen LogP contribution >= 0.6 is 12.2 Å². The number of esters is 1. The molecule has 0 atom stereocenters. The molecular formula is C20H26N2O2S. The number of piperidine rings is 1. The molecule has 0 radical (unpaired) electrons. The third-order valence-electron chi connectivity index (χ3n) is 4.98. The summed E-state index contributed by atoms with van der Waals surface area (Å²) in [6.45, 7) is 7.23. The van der Waals surface area contributed by atoms with Gasteiger partial charge in [0.2, 0.25) is 0 Å². The number of ether oxygens (including phenoxy) is 1. The van der Waals surface area contributed by atoms with E-state index in [0.717, 1.165) is 35.5 Å². The first-order valence-electron chi connectivity index (χ1n) is 8.89. The van der Waals surface area contributed by atoms with E-state index >= 15 is 0 Å². The van der Waals surface area contributed by atoms with E-state index in [9.17, 15) is 4.79 Å². The quantitative estimate of drug-likeness (QED) is 0.604. The summed E-state index contributed by atoms with van der Waals surface area (Å²) in [5.41, 5.74) is 1.48. The second-order valence-electron chi connectivity index (χ2n) is 7.42. The number of fused-ring (bicyclic) bond motifs is 1. The number of nitrogens with zero attached hydrogens (tertiary/aromatic N) is 2. The number of aromatic nitrogens is 1. The molecule has 5 heteroatoms. The van der Waals surface area contributed by atoms with Crippen LogP contribution in [0.1, 0.15) is 43.5 Å². The van der Waals surface area contributed by atoms with Crippen molar-refractivity contribution in [3.8, 4) is 0 Å². The molecule has 1 aliphatic heterocycles. The highest BCUT2D eigenvalue weighted by atomic mass is 32.1. The average molecular weight is 359 g/mol. The lowest BCUT2D eigenvalue weighted by molar-refractivity contribution is 0.0602. The number of likely N-dealkylation sites (tertiary alicyclic amines) is 1. The molecular weight excluding hydrogens is 332 g/mol. The Morgan fingerprint density at radius 1 is 1.20 bits per heavy atom. The molecule has 1 saturated heterocycles. The highest BCUT2D eigenvalue weighted by molar-refractivity contribution is 7.80. The molecule has 1 fully saturated rings. The minimum absolute atomic E-state index is 0.165. The lowest BCUT2D eigenvalue weighted by Crippen LogP contribution is -2.44. The number of carbonyl (C=O) groups excluding carboxylic acids is 1. The van der Waals surface area contributed by atoms with Crippen LogP contribution in [0.4, 0.5) is 0 Å². The van der Waals surface area contributed by atoms with E-state index in [4.69, 9.17) is 17.0 Å². The number of methoxy groups -OCH3 is 1. The Labute approximate surface area is 154 Å². The zero-order valence-corrected chi connectivity index (χ0v) is 16.1. The van der Waals surface area contributed by atoms with Gasteiger partial charge in [0.1, 0.15) is 0 Å². The van der Waals surface area contributed by atoms with Gasteiger partial charge in [0.05, 0.1) is 17.7 Å². The minimum atomic E-state index is -0.300. The number of hydrogen-bond donors (Lipinski definition) is 0. The van der Waals surface area contributed by atoms with Crippen molar-refractivity contribution in [1.29, 1.82) is 0 Å². The lowest BCUT2D eigenvalue weighted by Gasteiger charge is -2.37. The molecule has 1 aromatic carbocycles. The number of para-hydroxylation sites is 1. The lowest BCUT2D eigenvalue weighted by atomic mass is 9.91. The third-order valence-corrected chi connectivity index (χ3v) is 5.79. The standard InChI is InChI=1S/C20H26N2O2S/c1-20(2,19(25)21-11-7-4-8-12-21)14-22-13-16(18(23)24-3)15-9-5-6-10-17(15)22/h5-6,9-10,13H,4,7-8,11-12,14H2,1-3H3. The molecule has 1 aliphatic rings. The molecule has 0 spiro atoms. The van der Waals surface area contributed by atoms with Gasteiger partial charge in [0.25, 0.3) is 0 Å². The van der Waals surface area contributed by atoms with Gasteiger partial charge in [-0.3, -0.25) is 0 Å². The highest BCUT2D eigenvalue weighted by Crippen LogP contribution is 2.29. The smallest absolute Gasteiger partial charge is 0.340 e. The first-order valence-corrected chi connectivity index (χ1v) is 9.30. The van der Waals surface area contributed by atoms with Gasteiger partial charge in [-0.2, -0.15) is 0 Å². The Morgan fingerprint density at radius 3 is 2.56 bits per heavy atom. The summed E-state index contributed by atoms with van der Waals surface area (Å²) in [7, 11) is 1.42. The van der Waals surface area contributed by atoms with Crippen molar-refractivity contribution < 1.29 is 9.53 Å². The second kappa shape index (κ2) is 7.16. The van der Waals surface area contributed by atoms with Gasteiger partial charge in [-0.25, -0.2) is 4.79 Å². The van der Waals surface area contributed by atoms with Gasteiger partial charge in [-0.05, 0) is 25.3 Å². The summed E-state index contributed by atoms with van der Waals surface area (Å²) in [6, 6.07) is 7.95. The van der Waals surface area contributed by atoms with Crippen LogP contribution in [0.25, 0.3) is 10.9 Å². The average Bonchev–Trinajstić information content (AvgIpc) is 2.99. The Hall–Kier alpha value is -1.88. The maximum atomic E-state index is 12.1. The molecule has 134 valence electrons. The molecule has 0 amide bonds. The SMILES string of the molecule is COC(=O)c1cn(CC(C)(C)C(=S)N2CCCCC2)c2ccccc12. The number of hydrogen-bond acceptors (Lipinski definition) is 3. The second-order valence-corrected chi connectivity index (χ2v) is 7.80. The van der Waals surface area contributed by atoms with Crippen LogP contribution in [0.2, 0.25) is 0 Å². The Kier molecular flexibility index (Phi) is 5.13.